The lowest BCUT2D eigenvalue weighted by Crippen LogP contribution is -2.34. The molecular weight excluding hydrogens is 424 g/mol. The first-order valence-corrected chi connectivity index (χ1v) is 10.5. The molecule has 0 aliphatic carbocycles. The van der Waals surface area contributed by atoms with Gasteiger partial charge in [-0.15, -0.1) is 0 Å². The number of hydrogen-bond acceptors (Lipinski definition) is 9. The smallest absolute Gasteiger partial charge is 0.336 e. The van der Waals surface area contributed by atoms with Crippen molar-refractivity contribution in [2.45, 2.75) is 26.7 Å². The van der Waals surface area contributed by atoms with Crippen LogP contribution in [-0.4, -0.2) is 41.0 Å². The van der Waals surface area contributed by atoms with Crippen LogP contribution in [0.15, 0.2) is 46.8 Å². The molecule has 0 saturated carbocycles. The van der Waals surface area contributed by atoms with Crippen molar-refractivity contribution in [3.63, 3.8) is 0 Å². The number of thioether (sulfide) groups is 1. The van der Waals surface area contributed by atoms with Crippen LogP contribution < -0.4 is 11.1 Å². The van der Waals surface area contributed by atoms with Gasteiger partial charge in [-0.1, -0.05) is 23.9 Å². The molecule has 0 aromatic heterocycles. The maximum absolute atomic E-state index is 13.0. The van der Waals surface area contributed by atoms with Gasteiger partial charge in [0.1, 0.15) is 0 Å². The summed E-state index contributed by atoms with van der Waals surface area (Å²) in [5.41, 5.74) is 6.75. The molecule has 0 bridgehead atoms. The van der Waals surface area contributed by atoms with Crippen LogP contribution in [0.25, 0.3) is 0 Å². The maximum Gasteiger partial charge on any atom is 0.336 e. The quantitative estimate of drug-likeness (QED) is 0.179. The molecule has 0 saturated heterocycles. The summed E-state index contributed by atoms with van der Waals surface area (Å²) < 4.78 is 10.4. The van der Waals surface area contributed by atoms with Gasteiger partial charge in [-0.05, 0) is 26.3 Å². The van der Waals surface area contributed by atoms with Crippen LogP contribution in [0.4, 0.5) is 5.69 Å². The second kappa shape index (κ2) is 10.6. The van der Waals surface area contributed by atoms with E-state index in [1.165, 1.54) is 18.2 Å². The molecule has 1 atom stereocenters. The van der Waals surface area contributed by atoms with Gasteiger partial charge in [0.15, 0.2) is 5.17 Å². The molecule has 0 radical (unpaired) electrons. The molecule has 0 amide bonds. The molecule has 1 aromatic rings. The van der Waals surface area contributed by atoms with Crippen molar-refractivity contribution in [3.8, 4) is 0 Å². The van der Waals surface area contributed by atoms with Crippen LogP contribution in [0.1, 0.15) is 32.3 Å². The van der Waals surface area contributed by atoms with Crippen molar-refractivity contribution in [1.29, 1.82) is 5.41 Å². The van der Waals surface area contributed by atoms with E-state index in [4.69, 9.17) is 20.6 Å². The predicted octanol–water partition coefficient (Wildman–Crippen LogP) is 2.56. The number of benzene rings is 1. The largest absolute Gasteiger partial charge is 0.463 e. The number of nitrogens with one attached hydrogen (secondary N) is 2. The van der Waals surface area contributed by atoms with Crippen LogP contribution in [0.2, 0.25) is 0 Å². The number of esters is 2. The second-order valence-electron chi connectivity index (χ2n) is 6.43. The van der Waals surface area contributed by atoms with Crippen molar-refractivity contribution in [2.24, 2.45) is 5.73 Å². The van der Waals surface area contributed by atoms with Gasteiger partial charge in [0, 0.05) is 29.3 Å². The number of carbonyl (C=O) groups is 2. The summed E-state index contributed by atoms with van der Waals surface area (Å²) >= 11 is 0.990. The average molecular weight is 449 g/mol. The van der Waals surface area contributed by atoms with Gasteiger partial charge in [0.25, 0.3) is 5.69 Å². The van der Waals surface area contributed by atoms with Gasteiger partial charge < -0.3 is 20.5 Å². The van der Waals surface area contributed by atoms with Crippen LogP contribution in [0.3, 0.4) is 0 Å². The van der Waals surface area contributed by atoms with E-state index in [1.54, 1.807) is 26.8 Å². The minimum absolute atomic E-state index is 0.0918. The molecule has 1 aromatic carbocycles. The number of dihydropyridines is 1. The van der Waals surface area contributed by atoms with E-state index in [9.17, 15) is 19.7 Å². The van der Waals surface area contributed by atoms with Crippen molar-refractivity contribution in [3.05, 3.63) is 62.5 Å². The maximum atomic E-state index is 13.0. The highest BCUT2D eigenvalue weighted by Crippen LogP contribution is 2.40. The number of carbonyl (C=O) groups excluding carboxylic acids is 2. The number of allylic oxidation sites excluding steroid dienone is 1. The summed E-state index contributed by atoms with van der Waals surface area (Å²) in [5, 5.41) is 21.7. The fourth-order valence-electron chi connectivity index (χ4n) is 3.24. The van der Waals surface area contributed by atoms with Crippen LogP contribution in [0, 0.1) is 15.5 Å². The van der Waals surface area contributed by atoms with Gasteiger partial charge >= 0.3 is 11.9 Å². The summed E-state index contributed by atoms with van der Waals surface area (Å²) in [6, 6.07) is 5.73. The third-order valence-corrected chi connectivity index (χ3v) is 5.17. The number of nitro benzene ring substituents is 1. The van der Waals surface area contributed by atoms with Gasteiger partial charge in [-0.3, -0.25) is 15.5 Å². The van der Waals surface area contributed by atoms with Gasteiger partial charge in [0.05, 0.1) is 35.2 Å². The highest BCUT2D eigenvalue weighted by molar-refractivity contribution is 8.13. The number of nitrogens with two attached hydrogens (primary N) is 1. The molecule has 0 fully saturated rings. The Labute approximate surface area is 183 Å². The molecule has 11 heteroatoms. The molecule has 0 spiro atoms. The van der Waals surface area contributed by atoms with Gasteiger partial charge in [-0.2, -0.15) is 0 Å². The third kappa shape index (κ3) is 5.63. The first kappa shape index (κ1) is 23.9. The van der Waals surface area contributed by atoms with Crippen molar-refractivity contribution >= 4 is 34.6 Å². The van der Waals surface area contributed by atoms with Crippen molar-refractivity contribution in [1.82, 2.24) is 5.32 Å². The summed E-state index contributed by atoms with van der Waals surface area (Å²) in [6.45, 7) is 5.16. The number of ether oxygens (including phenoxy) is 2. The van der Waals surface area contributed by atoms with Gasteiger partial charge in [0.2, 0.25) is 0 Å². The molecule has 1 aliphatic heterocycles. The number of hydrogen-bond donors (Lipinski definition) is 3. The zero-order valence-corrected chi connectivity index (χ0v) is 18.2. The Hall–Kier alpha value is -3.34. The fourth-order valence-corrected chi connectivity index (χ4v) is 3.77. The molecule has 1 heterocycles. The number of non-ortho nitro benzene ring substituents is 1. The minimum atomic E-state index is -0.957. The highest BCUT2D eigenvalue weighted by Gasteiger charge is 2.39. The number of nitro groups is 1. The van der Waals surface area contributed by atoms with Crippen molar-refractivity contribution < 1.29 is 24.0 Å². The number of amidine groups is 1. The average Bonchev–Trinajstić information content (AvgIpc) is 2.71. The second-order valence-corrected chi connectivity index (χ2v) is 7.45. The summed E-state index contributed by atoms with van der Waals surface area (Å²) in [5.74, 6) is -2.15. The highest BCUT2D eigenvalue weighted by atomic mass is 32.2. The molecule has 10 nitrogen and oxygen atoms in total. The Balaban J connectivity index is 2.75. The SMILES string of the molecule is CCOC(=O)C1=C(C)NC(CSC(=N)N)=C(C(=O)OCC)[C@@H]1c1cccc([N+](=O)[O-])c1. The standard InChI is InChI=1S/C20H24N4O6S/c1-4-29-18(25)15-11(3)23-14(10-31-20(21)22)17(19(26)30-5-2)16(15)12-7-6-8-13(9-12)24(27)28/h6-9,16,23H,4-5,10H2,1-3H3,(H3,21,22)/t16-/m1/s1. The number of rotatable bonds is 8. The first-order valence-electron chi connectivity index (χ1n) is 9.47. The van der Waals surface area contributed by atoms with Crippen molar-refractivity contribution in [2.75, 3.05) is 19.0 Å². The molecule has 0 unspecified atom stereocenters. The zero-order valence-electron chi connectivity index (χ0n) is 17.4. The Morgan fingerprint density at radius 3 is 2.39 bits per heavy atom. The molecule has 31 heavy (non-hydrogen) atoms. The van der Waals surface area contributed by atoms with E-state index in [1.807, 2.05) is 0 Å². The lowest BCUT2D eigenvalue weighted by atomic mass is 9.80. The summed E-state index contributed by atoms with van der Waals surface area (Å²) in [7, 11) is 0. The van der Waals surface area contributed by atoms with Crippen LogP contribution in [0.5, 0.6) is 0 Å². The summed E-state index contributed by atoms with van der Waals surface area (Å²) in [6.07, 6.45) is 0. The Kier molecular flexibility index (Phi) is 8.20. The van der Waals surface area contributed by atoms with E-state index in [0.29, 0.717) is 17.0 Å². The molecular formula is C20H24N4O6S. The fraction of sp³-hybridized carbons (Fsp3) is 0.350. The predicted molar refractivity (Wildman–Crippen MR) is 116 cm³/mol. The van der Waals surface area contributed by atoms with E-state index in [0.717, 1.165) is 11.8 Å². The molecule has 4 N–H and O–H groups in total. The third-order valence-electron chi connectivity index (χ3n) is 4.42. The Bertz CT molecular complexity index is 972. The first-order chi connectivity index (χ1) is 14.7. The van der Waals surface area contributed by atoms with Crippen LogP contribution in [-0.2, 0) is 19.1 Å². The van der Waals surface area contributed by atoms with E-state index < -0.39 is 22.8 Å². The van der Waals surface area contributed by atoms with E-state index in [-0.39, 0.29) is 41.0 Å². The Morgan fingerprint density at radius 2 is 1.84 bits per heavy atom. The van der Waals surface area contributed by atoms with E-state index >= 15 is 0 Å². The zero-order chi connectivity index (χ0) is 23.1. The lowest BCUT2D eigenvalue weighted by Gasteiger charge is -2.31. The lowest BCUT2D eigenvalue weighted by molar-refractivity contribution is -0.384. The molecule has 166 valence electrons. The Morgan fingerprint density at radius 1 is 1.23 bits per heavy atom. The number of nitrogens with zero attached hydrogens (tertiary/aromatic N) is 1. The van der Waals surface area contributed by atoms with Crippen LogP contribution >= 0.6 is 11.8 Å². The van der Waals surface area contributed by atoms with E-state index in [2.05, 4.69) is 5.32 Å². The normalized spacial score (nSPS) is 15.9. The molecule has 2 rings (SSSR count). The monoisotopic (exact) mass is 448 g/mol. The topological polar surface area (TPSA) is 158 Å². The minimum Gasteiger partial charge on any atom is -0.463 e. The van der Waals surface area contributed by atoms with Gasteiger partial charge in [-0.25, -0.2) is 9.59 Å². The molecule has 1 aliphatic rings. The summed E-state index contributed by atoms with van der Waals surface area (Å²) in [4.78, 5) is 36.6.